The average molecular weight is 587 g/mol. The van der Waals surface area contributed by atoms with E-state index in [9.17, 15) is 26.4 Å². The van der Waals surface area contributed by atoms with Crippen molar-refractivity contribution >= 4 is 38.3 Å². The molecule has 214 valence electrons. The molecule has 14 heteroatoms. The molecule has 1 N–H and O–H groups in total. The van der Waals surface area contributed by atoms with Crippen LogP contribution in [0.3, 0.4) is 0 Å². The van der Waals surface area contributed by atoms with E-state index in [2.05, 4.69) is 19.7 Å². The summed E-state index contributed by atoms with van der Waals surface area (Å²) < 4.78 is 74.4. The number of pyridine rings is 1. The highest BCUT2D eigenvalue weighted by Gasteiger charge is 2.26. The van der Waals surface area contributed by atoms with Gasteiger partial charge in [-0.2, -0.15) is 0 Å². The number of fused-ring (bicyclic) bond motifs is 1. The van der Waals surface area contributed by atoms with E-state index < -0.39 is 38.6 Å². The standard InChI is InChI=1S/C27H25F3N6O4S/c1-16(28)27(37)36-9-7-35(8-10-36)25-20-11-17(3-5-22(20)32-15-33-25)18-12-23(26(40-2)31-14-18)34-41(38,39)24-6-4-19(29)13-21(24)30/h3-6,11-16,34H,7-10H2,1-2H3. The van der Waals surface area contributed by atoms with Gasteiger partial charge in [-0.25, -0.2) is 36.5 Å². The van der Waals surface area contributed by atoms with Crippen molar-refractivity contribution in [1.29, 1.82) is 0 Å². The maximum Gasteiger partial charge on any atom is 0.264 e. The van der Waals surface area contributed by atoms with E-state index in [0.717, 1.165) is 12.1 Å². The smallest absolute Gasteiger partial charge is 0.264 e. The van der Waals surface area contributed by atoms with Crippen molar-refractivity contribution in [3.05, 3.63) is 66.6 Å². The molecule has 4 aromatic rings. The zero-order valence-electron chi connectivity index (χ0n) is 22.0. The third-order valence-electron chi connectivity index (χ3n) is 6.65. The predicted octanol–water partition coefficient (Wildman–Crippen LogP) is 3.79. The minimum Gasteiger partial charge on any atom is -0.480 e. The third-order valence-corrected chi connectivity index (χ3v) is 8.05. The van der Waals surface area contributed by atoms with Crippen molar-refractivity contribution in [3.8, 4) is 17.0 Å². The Labute approximate surface area is 233 Å². The van der Waals surface area contributed by atoms with Crippen molar-refractivity contribution in [2.75, 3.05) is 42.9 Å². The number of rotatable bonds is 7. The number of piperazine rings is 1. The molecule has 0 saturated carbocycles. The second-order valence-corrected chi connectivity index (χ2v) is 11.0. The van der Waals surface area contributed by atoms with E-state index >= 15 is 0 Å². The third kappa shape index (κ3) is 5.73. The minimum absolute atomic E-state index is 0.0544. The fourth-order valence-corrected chi connectivity index (χ4v) is 5.71. The number of hydrogen-bond acceptors (Lipinski definition) is 8. The van der Waals surface area contributed by atoms with Crippen LogP contribution in [0.5, 0.6) is 5.88 Å². The largest absolute Gasteiger partial charge is 0.480 e. The summed E-state index contributed by atoms with van der Waals surface area (Å²) in [6.07, 6.45) is 1.36. The van der Waals surface area contributed by atoms with Gasteiger partial charge in [-0.3, -0.25) is 9.52 Å². The number of alkyl halides is 1. The molecule has 2 aromatic carbocycles. The summed E-state index contributed by atoms with van der Waals surface area (Å²) in [5.74, 6) is -2.12. The van der Waals surface area contributed by atoms with Crippen LogP contribution in [0.1, 0.15) is 6.92 Å². The molecular formula is C27H25F3N6O4S. The number of methoxy groups -OCH3 is 1. The van der Waals surface area contributed by atoms with E-state index in [4.69, 9.17) is 4.74 Å². The number of carbonyl (C=O) groups is 1. The molecule has 0 bridgehead atoms. The molecule has 5 rings (SSSR count). The number of nitrogens with one attached hydrogen (secondary N) is 1. The first-order valence-electron chi connectivity index (χ1n) is 12.5. The van der Waals surface area contributed by atoms with Gasteiger partial charge in [0.1, 0.15) is 34.4 Å². The van der Waals surface area contributed by atoms with Crippen molar-refractivity contribution in [2.24, 2.45) is 0 Å². The van der Waals surface area contributed by atoms with Gasteiger partial charge in [-0.1, -0.05) is 6.07 Å². The second kappa shape index (κ2) is 11.2. The highest BCUT2D eigenvalue weighted by molar-refractivity contribution is 7.92. The predicted molar refractivity (Wildman–Crippen MR) is 146 cm³/mol. The summed E-state index contributed by atoms with van der Waals surface area (Å²) in [5, 5.41) is 0.704. The number of sulfonamides is 1. The van der Waals surface area contributed by atoms with E-state index in [1.165, 1.54) is 37.5 Å². The number of nitrogens with zero attached hydrogens (tertiary/aromatic N) is 5. The Balaban J connectivity index is 1.47. The molecule has 3 heterocycles. The number of ether oxygens (including phenoxy) is 1. The lowest BCUT2D eigenvalue weighted by Gasteiger charge is -2.36. The molecule has 1 unspecified atom stereocenters. The van der Waals surface area contributed by atoms with Crippen molar-refractivity contribution in [1.82, 2.24) is 19.9 Å². The zero-order valence-corrected chi connectivity index (χ0v) is 22.8. The lowest BCUT2D eigenvalue weighted by atomic mass is 10.0. The average Bonchev–Trinajstić information content (AvgIpc) is 2.95. The van der Waals surface area contributed by atoms with Gasteiger partial charge in [-0.15, -0.1) is 0 Å². The lowest BCUT2D eigenvalue weighted by Crippen LogP contribution is -2.50. The van der Waals surface area contributed by atoms with Crippen LogP contribution in [-0.4, -0.2) is 73.6 Å². The van der Waals surface area contributed by atoms with E-state index in [1.54, 1.807) is 12.1 Å². The van der Waals surface area contributed by atoms with Crippen LogP contribution < -0.4 is 14.4 Å². The summed E-state index contributed by atoms with van der Waals surface area (Å²) in [5.41, 5.74) is 1.76. The Hall–Kier alpha value is -4.46. The summed E-state index contributed by atoms with van der Waals surface area (Å²) in [6, 6.07) is 9.02. The molecule has 0 spiro atoms. The van der Waals surface area contributed by atoms with Gasteiger partial charge in [0.05, 0.1) is 12.6 Å². The molecular weight excluding hydrogens is 561 g/mol. The molecule has 1 aliphatic rings. The first kappa shape index (κ1) is 28.1. The summed E-state index contributed by atoms with van der Waals surface area (Å²) >= 11 is 0. The fourth-order valence-electron chi connectivity index (χ4n) is 4.60. The molecule has 41 heavy (non-hydrogen) atoms. The molecule has 1 amide bonds. The van der Waals surface area contributed by atoms with Gasteiger partial charge in [-0.05, 0) is 42.8 Å². The number of benzene rings is 2. The number of carbonyl (C=O) groups excluding carboxylic acids is 1. The van der Waals surface area contributed by atoms with Crippen molar-refractivity contribution in [2.45, 2.75) is 18.0 Å². The summed E-state index contributed by atoms with van der Waals surface area (Å²) in [7, 11) is -3.15. The molecule has 0 radical (unpaired) electrons. The highest BCUT2D eigenvalue weighted by Crippen LogP contribution is 2.33. The van der Waals surface area contributed by atoms with Crippen LogP contribution in [0.15, 0.2) is 59.9 Å². The van der Waals surface area contributed by atoms with Gasteiger partial charge in [0.15, 0.2) is 6.17 Å². The van der Waals surface area contributed by atoms with Gasteiger partial charge in [0.25, 0.3) is 15.9 Å². The lowest BCUT2D eigenvalue weighted by molar-refractivity contribution is -0.136. The van der Waals surface area contributed by atoms with E-state index in [-0.39, 0.29) is 11.6 Å². The van der Waals surface area contributed by atoms with Crippen molar-refractivity contribution < 1.29 is 31.1 Å². The summed E-state index contributed by atoms with van der Waals surface area (Å²) in [4.78, 5) is 27.8. The van der Waals surface area contributed by atoms with Crippen molar-refractivity contribution in [3.63, 3.8) is 0 Å². The Morgan fingerprint density at radius 3 is 2.44 bits per heavy atom. The molecule has 1 saturated heterocycles. The Kier molecular flexibility index (Phi) is 7.67. The number of halogens is 3. The quantitative estimate of drug-likeness (QED) is 0.348. The molecule has 1 fully saturated rings. The van der Waals surface area contributed by atoms with Crippen LogP contribution in [0, 0.1) is 11.6 Å². The molecule has 1 atom stereocenters. The maximum absolute atomic E-state index is 14.3. The monoisotopic (exact) mass is 586 g/mol. The Morgan fingerprint density at radius 1 is 1.00 bits per heavy atom. The zero-order chi connectivity index (χ0) is 29.3. The van der Waals surface area contributed by atoms with Gasteiger partial charge in [0, 0.05) is 49.4 Å². The number of amides is 1. The van der Waals surface area contributed by atoms with Gasteiger partial charge in [0.2, 0.25) is 5.88 Å². The summed E-state index contributed by atoms with van der Waals surface area (Å²) in [6.45, 7) is 2.81. The number of hydrogen-bond donors (Lipinski definition) is 1. The second-order valence-electron chi connectivity index (χ2n) is 9.32. The van der Waals surface area contributed by atoms with Gasteiger partial charge < -0.3 is 14.5 Å². The maximum atomic E-state index is 14.3. The minimum atomic E-state index is -4.45. The van der Waals surface area contributed by atoms with Crippen LogP contribution >= 0.6 is 0 Å². The Bertz CT molecular complexity index is 1730. The van der Waals surface area contributed by atoms with E-state index in [1.807, 2.05) is 11.0 Å². The van der Waals surface area contributed by atoms with Crippen LogP contribution in [0.2, 0.25) is 0 Å². The van der Waals surface area contributed by atoms with Crippen LogP contribution in [-0.2, 0) is 14.8 Å². The SMILES string of the molecule is COc1ncc(-c2ccc3ncnc(N4CCN(C(=O)C(C)F)CC4)c3c2)cc1NS(=O)(=O)c1ccc(F)cc1F. The first-order chi connectivity index (χ1) is 19.6. The highest BCUT2D eigenvalue weighted by atomic mass is 32.2. The first-order valence-corrected chi connectivity index (χ1v) is 14.0. The molecule has 1 aliphatic heterocycles. The fraction of sp³-hybridized carbons (Fsp3) is 0.259. The molecule has 0 aliphatic carbocycles. The van der Waals surface area contributed by atoms with Gasteiger partial charge >= 0.3 is 0 Å². The number of anilines is 2. The normalized spacial score (nSPS) is 14.7. The Morgan fingerprint density at radius 2 is 1.76 bits per heavy atom. The van der Waals surface area contributed by atoms with Crippen LogP contribution in [0.4, 0.5) is 24.7 Å². The number of aromatic nitrogens is 3. The molecule has 2 aromatic heterocycles. The van der Waals surface area contributed by atoms with Crippen LogP contribution in [0.25, 0.3) is 22.0 Å². The van der Waals surface area contributed by atoms with E-state index in [0.29, 0.717) is 60.1 Å². The molecule has 10 nitrogen and oxygen atoms in total. The topological polar surface area (TPSA) is 118 Å².